The number of nitrogens with zero attached hydrogens (tertiary/aromatic N) is 1. The van der Waals surface area contributed by atoms with Crippen LogP contribution in [-0.2, 0) is 4.79 Å². The Hall–Kier alpha value is -2.20. The van der Waals surface area contributed by atoms with E-state index < -0.39 is 0 Å². The Morgan fingerprint density at radius 2 is 2.00 bits per heavy atom. The van der Waals surface area contributed by atoms with Gasteiger partial charge < -0.3 is 15.0 Å². The molecule has 1 fully saturated rings. The van der Waals surface area contributed by atoms with Gasteiger partial charge in [-0.3, -0.25) is 4.79 Å². The molecule has 1 heterocycles. The van der Waals surface area contributed by atoms with Crippen LogP contribution >= 0.6 is 11.6 Å². The van der Waals surface area contributed by atoms with Crippen molar-refractivity contribution in [3.8, 4) is 5.75 Å². The molecule has 1 aliphatic heterocycles. The number of carbonyl (C=O) groups is 1. The SMILES string of the molecule is Cc1cccc(OCC(=O)Nc2ccc(N3CCCC3)c(Cl)c2)c1. The molecular formula is C19H21ClN2O2. The summed E-state index contributed by atoms with van der Waals surface area (Å²) in [6.45, 7) is 4.03. The Balaban J connectivity index is 1.57. The number of aryl methyl sites for hydroxylation is 1. The maximum Gasteiger partial charge on any atom is 0.262 e. The van der Waals surface area contributed by atoms with Crippen molar-refractivity contribution >= 4 is 28.9 Å². The van der Waals surface area contributed by atoms with Crippen LogP contribution in [0.1, 0.15) is 18.4 Å². The first-order valence-electron chi connectivity index (χ1n) is 8.15. The van der Waals surface area contributed by atoms with Crippen LogP contribution in [0, 0.1) is 6.92 Å². The molecule has 0 aromatic heterocycles. The highest BCUT2D eigenvalue weighted by Gasteiger charge is 2.15. The van der Waals surface area contributed by atoms with Crippen molar-refractivity contribution in [2.75, 3.05) is 29.9 Å². The second kappa shape index (κ2) is 7.58. The molecule has 0 unspecified atom stereocenters. The summed E-state index contributed by atoms with van der Waals surface area (Å²) < 4.78 is 5.50. The third-order valence-corrected chi connectivity index (χ3v) is 4.34. The fourth-order valence-corrected chi connectivity index (χ4v) is 3.15. The second-order valence-electron chi connectivity index (χ2n) is 6.01. The van der Waals surface area contributed by atoms with Crippen LogP contribution in [-0.4, -0.2) is 25.6 Å². The third-order valence-electron chi connectivity index (χ3n) is 4.04. The van der Waals surface area contributed by atoms with E-state index in [0.717, 1.165) is 24.3 Å². The highest BCUT2D eigenvalue weighted by molar-refractivity contribution is 6.33. The summed E-state index contributed by atoms with van der Waals surface area (Å²) in [4.78, 5) is 14.3. The van der Waals surface area contributed by atoms with Crippen molar-refractivity contribution < 1.29 is 9.53 Å². The predicted molar refractivity (Wildman–Crippen MR) is 98.2 cm³/mol. The smallest absolute Gasteiger partial charge is 0.262 e. The number of nitrogens with one attached hydrogen (secondary N) is 1. The number of rotatable bonds is 5. The Morgan fingerprint density at radius 1 is 1.21 bits per heavy atom. The average Bonchev–Trinajstić information content (AvgIpc) is 3.07. The van der Waals surface area contributed by atoms with E-state index >= 15 is 0 Å². The lowest BCUT2D eigenvalue weighted by Crippen LogP contribution is -2.21. The summed E-state index contributed by atoms with van der Waals surface area (Å²) in [5.41, 5.74) is 2.81. The second-order valence-corrected chi connectivity index (χ2v) is 6.42. The molecule has 0 bridgehead atoms. The first-order valence-corrected chi connectivity index (χ1v) is 8.53. The Labute approximate surface area is 147 Å². The minimum Gasteiger partial charge on any atom is -0.484 e. The van der Waals surface area contributed by atoms with Crippen LogP contribution in [0.4, 0.5) is 11.4 Å². The van der Waals surface area contributed by atoms with Gasteiger partial charge in [-0.25, -0.2) is 0 Å². The van der Waals surface area contributed by atoms with E-state index in [2.05, 4.69) is 10.2 Å². The quantitative estimate of drug-likeness (QED) is 0.880. The summed E-state index contributed by atoms with van der Waals surface area (Å²) in [5, 5.41) is 3.48. The number of anilines is 2. The topological polar surface area (TPSA) is 41.6 Å². The van der Waals surface area contributed by atoms with E-state index in [9.17, 15) is 4.79 Å². The molecule has 1 amide bonds. The van der Waals surface area contributed by atoms with Gasteiger partial charge in [-0.15, -0.1) is 0 Å². The standard InChI is InChI=1S/C19H21ClN2O2/c1-14-5-4-6-16(11-14)24-13-19(23)21-15-7-8-18(17(20)12-15)22-9-2-3-10-22/h4-8,11-12H,2-3,9-10,13H2,1H3,(H,21,23). The highest BCUT2D eigenvalue weighted by Crippen LogP contribution is 2.31. The number of halogens is 1. The minimum atomic E-state index is -0.207. The van der Waals surface area contributed by atoms with E-state index in [1.165, 1.54) is 12.8 Å². The molecule has 126 valence electrons. The van der Waals surface area contributed by atoms with Crippen LogP contribution in [0.3, 0.4) is 0 Å². The highest BCUT2D eigenvalue weighted by atomic mass is 35.5. The number of ether oxygens (including phenoxy) is 1. The summed E-state index contributed by atoms with van der Waals surface area (Å²) in [6.07, 6.45) is 2.40. The zero-order valence-electron chi connectivity index (χ0n) is 13.7. The van der Waals surface area contributed by atoms with Crippen molar-refractivity contribution in [3.63, 3.8) is 0 Å². The number of carbonyl (C=O) groups excluding carboxylic acids is 1. The number of amides is 1. The lowest BCUT2D eigenvalue weighted by molar-refractivity contribution is -0.118. The number of hydrogen-bond acceptors (Lipinski definition) is 3. The molecule has 1 aliphatic rings. The fraction of sp³-hybridized carbons (Fsp3) is 0.316. The van der Waals surface area contributed by atoms with E-state index in [1.807, 2.05) is 43.3 Å². The van der Waals surface area contributed by atoms with Gasteiger partial charge >= 0.3 is 0 Å². The van der Waals surface area contributed by atoms with E-state index in [0.29, 0.717) is 16.5 Å². The molecule has 0 radical (unpaired) electrons. The van der Waals surface area contributed by atoms with Gasteiger partial charge in [0.1, 0.15) is 5.75 Å². The van der Waals surface area contributed by atoms with E-state index in [4.69, 9.17) is 16.3 Å². The Bertz CT molecular complexity index is 727. The van der Waals surface area contributed by atoms with Gasteiger partial charge in [0.15, 0.2) is 6.61 Å². The lowest BCUT2D eigenvalue weighted by Gasteiger charge is -2.19. The van der Waals surface area contributed by atoms with Gasteiger partial charge in [-0.2, -0.15) is 0 Å². The Kier molecular flexibility index (Phi) is 5.26. The van der Waals surface area contributed by atoms with Gasteiger partial charge in [0, 0.05) is 18.8 Å². The van der Waals surface area contributed by atoms with Crippen molar-refractivity contribution in [1.82, 2.24) is 0 Å². The van der Waals surface area contributed by atoms with Gasteiger partial charge in [-0.05, 0) is 55.7 Å². The van der Waals surface area contributed by atoms with E-state index in [1.54, 1.807) is 6.07 Å². The van der Waals surface area contributed by atoms with Crippen LogP contribution in [0.5, 0.6) is 5.75 Å². The average molecular weight is 345 g/mol. The number of benzene rings is 2. The molecule has 0 atom stereocenters. The summed E-state index contributed by atoms with van der Waals surface area (Å²) in [5.74, 6) is 0.481. The molecule has 4 nitrogen and oxygen atoms in total. The maximum atomic E-state index is 12.0. The Morgan fingerprint density at radius 3 is 2.71 bits per heavy atom. The monoisotopic (exact) mass is 344 g/mol. The van der Waals surface area contributed by atoms with Crippen LogP contribution in [0.25, 0.3) is 0 Å². The summed E-state index contributed by atoms with van der Waals surface area (Å²) in [6, 6.07) is 13.3. The molecule has 2 aromatic carbocycles. The molecule has 0 aliphatic carbocycles. The first kappa shape index (κ1) is 16.7. The van der Waals surface area contributed by atoms with Crippen LogP contribution in [0.15, 0.2) is 42.5 Å². The molecule has 0 saturated carbocycles. The van der Waals surface area contributed by atoms with Gasteiger partial charge in [-0.1, -0.05) is 23.7 Å². The molecular weight excluding hydrogens is 324 g/mol. The van der Waals surface area contributed by atoms with Crippen molar-refractivity contribution in [2.45, 2.75) is 19.8 Å². The predicted octanol–water partition coefficient (Wildman–Crippen LogP) is 4.27. The summed E-state index contributed by atoms with van der Waals surface area (Å²) in [7, 11) is 0. The molecule has 3 rings (SSSR count). The van der Waals surface area contributed by atoms with Crippen molar-refractivity contribution in [3.05, 3.63) is 53.1 Å². The van der Waals surface area contributed by atoms with Gasteiger partial charge in [0.2, 0.25) is 0 Å². The van der Waals surface area contributed by atoms with Gasteiger partial charge in [0.25, 0.3) is 5.91 Å². The maximum absolute atomic E-state index is 12.0. The largest absolute Gasteiger partial charge is 0.484 e. The molecule has 1 N–H and O–H groups in total. The molecule has 1 saturated heterocycles. The van der Waals surface area contributed by atoms with Crippen LogP contribution in [0.2, 0.25) is 5.02 Å². The third kappa shape index (κ3) is 4.20. The van der Waals surface area contributed by atoms with Crippen molar-refractivity contribution in [1.29, 1.82) is 0 Å². The zero-order valence-corrected chi connectivity index (χ0v) is 14.5. The summed E-state index contributed by atoms with van der Waals surface area (Å²) >= 11 is 6.36. The van der Waals surface area contributed by atoms with Gasteiger partial charge in [0.05, 0.1) is 10.7 Å². The first-order chi connectivity index (χ1) is 11.6. The molecule has 5 heteroatoms. The molecule has 2 aromatic rings. The lowest BCUT2D eigenvalue weighted by atomic mass is 10.2. The minimum absolute atomic E-state index is 0.0328. The molecule has 24 heavy (non-hydrogen) atoms. The van der Waals surface area contributed by atoms with Crippen LogP contribution < -0.4 is 15.0 Å². The number of hydrogen-bond donors (Lipinski definition) is 1. The zero-order chi connectivity index (χ0) is 16.9. The van der Waals surface area contributed by atoms with E-state index in [-0.39, 0.29) is 12.5 Å². The fourth-order valence-electron chi connectivity index (χ4n) is 2.85. The normalized spacial score (nSPS) is 13.8. The molecule has 0 spiro atoms. The van der Waals surface area contributed by atoms with Crippen molar-refractivity contribution in [2.24, 2.45) is 0 Å².